The summed E-state index contributed by atoms with van der Waals surface area (Å²) in [5.74, 6) is 1.45. The van der Waals surface area contributed by atoms with Crippen molar-refractivity contribution in [2.24, 2.45) is 11.7 Å². The maximum atomic E-state index is 5.90. The molecule has 1 rings (SSSR count). The van der Waals surface area contributed by atoms with Crippen LogP contribution >= 0.6 is 0 Å². The largest absolute Gasteiger partial charge is 0.384 e. The van der Waals surface area contributed by atoms with Crippen molar-refractivity contribution in [1.29, 1.82) is 0 Å². The Labute approximate surface area is 108 Å². The fraction of sp³-hybridized carbons (Fsp3) is 0.833. The van der Waals surface area contributed by atoms with Crippen LogP contribution in [0.5, 0.6) is 0 Å². The standard InChI is InChI=1S/C12H23N3O3/c1-4-5-17-8-10(13)12-14-11(18-15-12)6-9(2)7-16-3/h9-10H,4-8,13H2,1-3H3. The minimum absolute atomic E-state index is 0.327. The van der Waals surface area contributed by atoms with Gasteiger partial charge in [0.1, 0.15) is 0 Å². The van der Waals surface area contributed by atoms with E-state index in [1.54, 1.807) is 7.11 Å². The van der Waals surface area contributed by atoms with Gasteiger partial charge in [-0.15, -0.1) is 0 Å². The minimum Gasteiger partial charge on any atom is -0.384 e. The Bertz CT molecular complexity index is 330. The van der Waals surface area contributed by atoms with Crippen molar-refractivity contribution in [2.45, 2.75) is 32.7 Å². The first-order valence-corrected chi connectivity index (χ1v) is 6.32. The van der Waals surface area contributed by atoms with E-state index in [0.717, 1.165) is 6.42 Å². The van der Waals surface area contributed by atoms with E-state index in [2.05, 4.69) is 24.0 Å². The fourth-order valence-electron chi connectivity index (χ4n) is 1.57. The SMILES string of the molecule is CCCOCC(N)c1noc(CC(C)COC)n1. The van der Waals surface area contributed by atoms with E-state index in [-0.39, 0.29) is 6.04 Å². The van der Waals surface area contributed by atoms with E-state index in [1.807, 2.05) is 0 Å². The summed E-state index contributed by atoms with van der Waals surface area (Å²) >= 11 is 0. The molecule has 1 aromatic heterocycles. The third-order valence-corrected chi connectivity index (χ3v) is 2.44. The van der Waals surface area contributed by atoms with E-state index in [0.29, 0.717) is 43.9 Å². The van der Waals surface area contributed by atoms with Gasteiger partial charge in [0.15, 0.2) is 5.82 Å². The number of rotatable bonds is 9. The molecule has 6 heteroatoms. The van der Waals surface area contributed by atoms with Crippen LogP contribution in [0.3, 0.4) is 0 Å². The first kappa shape index (κ1) is 15.1. The molecule has 1 heterocycles. The zero-order valence-electron chi connectivity index (χ0n) is 11.4. The average Bonchev–Trinajstić information content (AvgIpc) is 2.78. The molecule has 0 radical (unpaired) electrons. The van der Waals surface area contributed by atoms with Gasteiger partial charge in [0, 0.05) is 26.7 Å². The Morgan fingerprint density at radius 3 is 2.83 bits per heavy atom. The van der Waals surface area contributed by atoms with Crippen LogP contribution in [0.1, 0.15) is 38.0 Å². The first-order chi connectivity index (χ1) is 8.67. The van der Waals surface area contributed by atoms with Crippen molar-refractivity contribution in [3.8, 4) is 0 Å². The van der Waals surface area contributed by atoms with E-state index in [4.69, 9.17) is 19.7 Å². The van der Waals surface area contributed by atoms with Crippen LogP contribution in [-0.4, -0.2) is 37.1 Å². The zero-order valence-corrected chi connectivity index (χ0v) is 11.4. The van der Waals surface area contributed by atoms with Crippen molar-refractivity contribution < 1.29 is 14.0 Å². The monoisotopic (exact) mass is 257 g/mol. The van der Waals surface area contributed by atoms with Crippen LogP contribution in [0.25, 0.3) is 0 Å². The van der Waals surface area contributed by atoms with Gasteiger partial charge in [-0.05, 0) is 12.3 Å². The van der Waals surface area contributed by atoms with Crippen LogP contribution in [0.2, 0.25) is 0 Å². The van der Waals surface area contributed by atoms with Crippen molar-refractivity contribution in [1.82, 2.24) is 10.1 Å². The molecular weight excluding hydrogens is 234 g/mol. The lowest BCUT2D eigenvalue weighted by atomic mass is 10.1. The summed E-state index contributed by atoms with van der Waals surface area (Å²) in [5, 5.41) is 3.88. The smallest absolute Gasteiger partial charge is 0.227 e. The van der Waals surface area contributed by atoms with Crippen molar-refractivity contribution in [3.05, 3.63) is 11.7 Å². The summed E-state index contributed by atoms with van der Waals surface area (Å²) in [6.07, 6.45) is 1.67. The molecule has 2 N–H and O–H groups in total. The second-order valence-corrected chi connectivity index (χ2v) is 4.49. The predicted molar refractivity (Wildman–Crippen MR) is 67.1 cm³/mol. The highest BCUT2D eigenvalue weighted by Gasteiger charge is 2.16. The number of methoxy groups -OCH3 is 1. The van der Waals surface area contributed by atoms with Gasteiger partial charge in [-0.2, -0.15) is 4.98 Å². The molecule has 0 aliphatic heterocycles. The molecule has 1 aromatic rings. The fourth-order valence-corrected chi connectivity index (χ4v) is 1.57. The molecule has 0 fully saturated rings. The van der Waals surface area contributed by atoms with Gasteiger partial charge >= 0.3 is 0 Å². The van der Waals surface area contributed by atoms with Crippen molar-refractivity contribution in [2.75, 3.05) is 26.9 Å². The van der Waals surface area contributed by atoms with E-state index in [9.17, 15) is 0 Å². The molecule has 0 saturated heterocycles. The summed E-state index contributed by atoms with van der Waals surface area (Å²) < 4.78 is 15.6. The minimum atomic E-state index is -0.327. The molecule has 2 unspecified atom stereocenters. The van der Waals surface area contributed by atoms with Crippen molar-refractivity contribution in [3.63, 3.8) is 0 Å². The van der Waals surface area contributed by atoms with Gasteiger partial charge in [-0.25, -0.2) is 0 Å². The number of hydrogen-bond donors (Lipinski definition) is 1. The normalized spacial score (nSPS) is 14.7. The van der Waals surface area contributed by atoms with Gasteiger partial charge in [-0.3, -0.25) is 0 Å². The van der Waals surface area contributed by atoms with Crippen molar-refractivity contribution >= 4 is 0 Å². The van der Waals surface area contributed by atoms with E-state index in [1.165, 1.54) is 0 Å². The molecular formula is C12H23N3O3. The molecule has 0 aliphatic carbocycles. The maximum Gasteiger partial charge on any atom is 0.227 e. The maximum absolute atomic E-state index is 5.90. The second-order valence-electron chi connectivity index (χ2n) is 4.49. The Kier molecular flexibility index (Phi) is 6.85. The predicted octanol–water partition coefficient (Wildman–Crippen LogP) is 1.32. The summed E-state index contributed by atoms with van der Waals surface area (Å²) in [4.78, 5) is 4.27. The third-order valence-electron chi connectivity index (χ3n) is 2.44. The van der Waals surface area contributed by atoms with Crippen LogP contribution in [-0.2, 0) is 15.9 Å². The number of nitrogens with two attached hydrogens (primary N) is 1. The van der Waals surface area contributed by atoms with Gasteiger partial charge in [0.25, 0.3) is 0 Å². The Morgan fingerprint density at radius 1 is 1.39 bits per heavy atom. The van der Waals surface area contributed by atoms with Gasteiger partial charge in [0.05, 0.1) is 12.6 Å². The topological polar surface area (TPSA) is 83.4 Å². The molecule has 0 amide bonds. The van der Waals surface area contributed by atoms with Crippen LogP contribution in [0.15, 0.2) is 4.52 Å². The average molecular weight is 257 g/mol. The summed E-state index contributed by atoms with van der Waals surface area (Å²) in [7, 11) is 1.68. The van der Waals surface area contributed by atoms with Crippen LogP contribution in [0, 0.1) is 5.92 Å². The van der Waals surface area contributed by atoms with Gasteiger partial charge in [-0.1, -0.05) is 19.0 Å². The highest BCUT2D eigenvalue weighted by molar-refractivity contribution is 4.93. The quantitative estimate of drug-likeness (QED) is 0.672. The summed E-state index contributed by atoms with van der Waals surface area (Å²) in [5.41, 5.74) is 5.90. The Balaban J connectivity index is 2.41. The van der Waals surface area contributed by atoms with Gasteiger partial charge < -0.3 is 19.7 Å². The highest BCUT2D eigenvalue weighted by Crippen LogP contribution is 2.11. The van der Waals surface area contributed by atoms with E-state index >= 15 is 0 Å². The highest BCUT2D eigenvalue weighted by atomic mass is 16.5. The lowest BCUT2D eigenvalue weighted by Crippen LogP contribution is -2.19. The lowest BCUT2D eigenvalue weighted by molar-refractivity contribution is 0.119. The Hall–Kier alpha value is -0.980. The van der Waals surface area contributed by atoms with Crippen LogP contribution < -0.4 is 5.73 Å². The number of hydrogen-bond acceptors (Lipinski definition) is 6. The van der Waals surface area contributed by atoms with Crippen LogP contribution in [0.4, 0.5) is 0 Å². The molecule has 0 bridgehead atoms. The summed E-state index contributed by atoms with van der Waals surface area (Å²) in [6.45, 7) is 5.90. The summed E-state index contributed by atoms with van der Waals surface area (Å²) in [6, 6.07) is -0.327. The first-order valence-electron chi connectivity index (χ1n) is 6.32. The number of aromatic nitrogens is 2. The molecule has 0 aliphatic rings. The Morgan fingerprint density at radius 2 is 2.17 bits per heavy atom. The number of ether oxygens (including phenoxy) is 2. The molecule has 0 aromatic carbocycles. The zero-order chi connectivity index (χ0) is 13.4. The molecule has 0 spiro atoms. The van der Waals surface area contributed by atoms with E-state index < -0.39 is 0 Å². The molecule has 104 valence electrons. The molecule has 18 heavy (non-hydrogen) atoms. The second kappa shape index (κ2) is 8.18. The lowest BCUT2D eigenvalue weighted by Gasteiger charge is -2.07. The van der Waals surface area contributed by atoms with Gasteiger partial charge in [0.2, 0.25) is 5.89 Å². The third kappa shape index (κ3) is 5.12. The number of nitrogens with zero attached hydrogens (tertiary/aromatic N) is 2. The molecule has 6 nitrogen and oxygen atoms in total. The molecule has 2 atom stereocenters. The molecule has 0 saturated carbocycles.